The van der Waals surface area contributed by atoms with Crippen molar-refractivity contribution in [1.82, 2.24) is 0 Å². The number of hydrogen-bond acceptors (Lipinski definition) is 6. The van der Waals surface area contributed by atoms with Crippen LogP contribution in [0.3, 0.4) is 0 Å². The number of furan rings is 1. The van der Waals surface area contributed by atoms with E-state index < -0.39 is 0 Å². The first-order chi connectivity index (χ1) is 17.5. The topological polar surface area (TPSA) is 79.2 Å². The average Bonchev–Trinajstić information content (AvgIpc) is 3.31. The summed E-state index contributed by atoms with van der Waals surface area (Å²) < 4.78 is 27.6. The summed E-state index contributed by atoms with van der Waals surface area (Å²) in [6.45, 7) is 4.28. The fourth-order valence-corrected chi connectivity index (χ4v) is 4.00. The minimum absolute atomic E-state index is 0.273. The second-order valence-corrected chi connectivity index (χ2v) is 8.04. The van der Waals surface area contributed by atoms with E-state index in [4.69, 9.17) is 23.4 Å². The van der Waals surface area contributed by atoms with Gasteiger partial charge in [0.05, 0.1) is 34.2 Å². The summed E-state index contributed by atoms with van der Waals surface area (Å²) in [7, 11) is 4.75. The monoisotopic (exact) mass is 487 g/mol. The molecular weight excluding hydrogens is 458 g/mol. The first-order valence-electron chi connectivity index (χ1n) is 11.5. The van der Waals surface area contributed by atoms with Crippen molar-refractivity contribution in [2.24, 2.45) is 0 Å². The van der Waals surface area contributed by atoms with E-state index in [2.05, 4.69) is 5.32 Å². The molecule has 0 unspecified atom stereocenters. The number of amides is 1. The summed E-state index contributed by atoms with van der Waals surface area (Å²) in [6.07, 6.45) is 3.28. The molecule has 1 N–H and O–H groups in total. The Labute approximate surface area is 210 Å². The van der Waals surface area contributed by atoms with Gasteiger partial charge in [0.2, 0.25) is 5.91 Å². The second-order valence-electron chi connectivity index (χ2n) is 8.04. The molecule has 0 aliphatic rings. The van der Waals surface area contributed by atoms with E-state index in [0.29, 0.717) is 35.1 Å². The van der Waals surface area contributed by atoms with Crippen molar-refractivity contribution in [3.63, 3.8) is 0 Å². The number of rotatable bonds is 9. The van der Waals surface area contributed by atoms with Gasteiger partial charge in [0.25, 0.3) is 0 Å². The van der Waals surface area contributed by atoms with Crippen LogP contribution in [0, 0.1) is 0 Å². The molecule has 36 heavy (non-hydrogen) atoms. The lowest BCUT2D eigenvalue weighted by Gasteiger charge is -2.12. The quantitative estimate of drug-likeness (QED) is 0.269. The first-order valence-corrected chi connectivity index (χ1v) is 11.5. The van der Waals surface area contributed by atoms with Crippen molar-refractivity contribution < 1.29 is 28.2 Å². The number of methoxy groups -OCH3 is 3. The van der Waals surface area contributed by atoms with E-state index in [-0.39, 0.29) is 5.91 Å². The Bertz CT molecular complexity index is 1400. The first kappa shape index (κ1) is 24.7. The van der Waals surface area contributed by atoms with Crippen LogP contribution in [0.2, 0.25) is 0 Å². The van der Waals surface area contributed by atoms with E-state index in [1.54, 1.807) is 51.9 Å². The van der Waals surface area contributed by atoms with Gasteiger partial charge >= 0.3 is 0 Å². The van der Waals surface area contributed by atoms with Crippen molar-refractivity contribution in [3.8, 4) is 34.1 Å². The van der Waals surface area contributed by atoms with Gasteiger partial charge in [-0.1, -0.05) is 12.1 Å². The van der Waals surface area contributed by atoms with Crippen LogP contribution in [0.1, 0.15) is 19.4 Å². The highest BCUT2D eigenvalue weighted by molar-refractivity contribution is 6.05. The average molecular weight is 488 g/mol. The van der Waals surface area contributed by atoms with Crippen molar-refractivity contribution in [2.75, 3.05) is 33.3 Å². The molecule has 7 heteroatoms. The Hall–Kier alpha value is -4.39. The van der Waals surface area contributed by atoms with Crippen LogP contribution in [0.5, 0.6) is 23.0 Å². The maximum atomic E-state index is 12.9. The molecule has 1 amide bonds. The number of carbonyl (C=O) groups is 1. The minimum Gasteiger partial charge on any atom is -0.497 e. The Morgan fingerprint density at radius 3 is 2.33 bits per heavy atom. The lowest BCUT2D eigenvalue weighted by Crippen LogP contribution is -2.09. The Balaban J connectivity index is 1.68. The molecular formula is C29H29NO6. The van der Waals surface area contributed by atoms with Gasteiger partial charge in [0.15, 0.2) is 11.5 Å². The van der Waals surface area contributed by atoms with Crippen LogP contribution in [0.25, 0.3) is 27.7 Å². The van der Waals surface area contributed by atoms with Gasteiger partial charge in [-0.25, -0.2) is 0 Å². The Morgan fingerprint density at radius 1 is 0.917 bits per heavy atom. The van der Waals surface area contributed by atoms with Crippen LogP contribution >= 0.6 is 0 Å². The lowest BCUT2D eigenvalue weighted by molar-refractivity contribution is -0.111. The number of anilines is 1. The van der Waals surface area contributed by atoms with Crippen molar-refractivity contribution in [1.29, 1.82) is 0 Å². The van der Waals surface area contributed by atoms with Crippen LogP contribution in [0.15, 0.2) is 71.4 Å². The van der Waals surface area contributed by atoms with Gasteiger partial charge < -0.3 is 28.7 Å². The Morgan fingerprint density at radius 2 is 1.67 bits per heavy atom. The SMILES string of the molecule is CCOc1cc2occ(-c3ccc(OC)cc3)c2cc1/C(C)=C/C(=O)Nc1ccc(OC)c(OC)c1. The van der Waals surface area contributed by atoms with Gasteiger partial charge in [0.1, 0.15) is 17.1 Å². The predicted molar refractivity (Wildman–Crippen MR) is 141 cm³/mol. The number of carbonyl (C=O) groups excluding carboxylic acids is 1. The molecule has 0 bridgehead atoms. The molecule has 0 saturated carbocycles. The third-order valence-electron chi connectivity index (χ3n) is 5.80. The molecule has 0 spiro atoms. The van der Waals surface area contributed by atoms with Gasteiger partial charge in [0, 0.05) is 40.4 Å². The summed E-state index contributed by atoms with van der Waals surface area (Å²) >= 11 is 0. The molecule has 186 valence electrons. The van der Waals surface area contributed by atoms with Crippen LogP contribution in [0.4, 0.5) is 5.69 Å². The third-order valence-corrected chi connectivity index (χ3v) is 5.80. The van der Waals surface area contributed by atoms with Crippen LogP contribution in [-0.2, 0) is 4.79 Å². The smallest absolute Gasteiger partial charge is 0.248 e. The van der Waals surface area contributed by atoms with Gasteiger partial charge in [-0.05, 0) is 55.3 Å². The Kier molecular flexibility index (Phi) is 7.49. The maximum absolute atomic E-state index is 12.9. The summed E-state index contributed by atoms with van der Waals surface area (Å²) in [5.41, 5.74) is 4.80. The fourth-order valence-electron chi connectivity index (χ4n) is 4.00. The highest BCUT2D eigenvalue weighted by Crippen LogP contribution is 2.38. The maximum Gasteiger partial charge on any atom is 0.248 e. The normalized spacial score (nSPS) is 11.3. The standard InChI is InChI=1S/C29H29NO6/c1-6-35-26-16-27-23(24(17-36-27)19-7-10-21(32-3)11-8-19)15-22(26)18(2)13-29(31)30-20-9-12-25(33-4)28(14-20)34-5/h7-17H,6H2,1-5H3,(H,30,31)/b18-13+. The molecule has 4 aromatic rings. The molecule has 0 aliphatic heterocycles. The largest absolute Gasteiger partial charge is 0.497 e. The molecule has 0 saturated heterocycles. The van der Waals surface area contributed by atoms with E-state index in [1.807, 2.05) is 50.2 Å². The summed E-state index contributed by atoms with van der Waals surface area (Å²) in [5, 5.41) is 3.80. The molecule has 4 rings (SSSR count). The minimum atomic E-state index is -0.273. The van der Waals surface area contributed by atoms with Crippen LogP contribution < -0.4 is 24.3 Å². The lowest BCUT2D eigenvalue weighted by atomic mass is 9.99. The predicted octanol–water partition coefficient (Wildman–Crippen LogP) is 6.57. The van der Waals surface area contributed by atoms with Crippen molar-refractivity contribution in [2.45, 2.75) is 13.8 Å². The molecule has 1 heterocycles. The molecule has 0 fully saturated rings. The van der Waals surface area contributed by atoms with Gasteiger partial charge in [-0.15, -0.1) is 0 Å². The number of nitrogens with one attached hydrogen (secondary N) is 1. The zero-order valence-corrected chi connectivity index (χ0v) is 21.0. The second kappa shape index (κ2) is 10.9. The zero-order chi connectivity index (χ0) is 25.7. The van der Waals surface area contributed by atoms with E-state index in [0.717, 1.165) is 33.4 Å². The fraction of sp³-hybridized carbons (Fsp3) is 0.207. The molecule has 1 aromatic heterocycles. The van der Waals surface area contributed by atoms with E-state index >= 15 is 0 Å². The molecule has 0 atom stereocenters. The van der Waals surface area contributed by atoms with Gasteiger partial charge in [-0.3, -0.25) is 4.79 Å². The van der Waals surface area contributed by atoms with E-state index in [1.165, 1.54) is 0 Å². The van der Waals surface area contributed by atoms with Crippen molar-refractivity contribution >= 4 is 28.1 Å². The summed E-state index contributed by atoms with van der Waals surface area (Å²) in [5.74, 6) is 2.28. The van der Waals surface area contributed by atoms with Crippen molar-refractivity contribution in [3.05, 3.63) is 72.5 Å². The molecule has 3 aromatic carbocycles. The number of fused-ring (bicyclic) bond motifs is 1. The number of hydrogen-bond donors (Lipinski definition) is 1. The summed E-state index contributed by atoms with van der Waals surface area (Å²) in [4.78, 5) is 12.9. The number of ether oxygens (including phenoxy) is 4. The third kappa shape index (κ3) is 5.15. The van der Waals surface area contributed by atoms with Crippen LogP contribution in [-0.4, -0.2) is 33.8 Å². The molecule has 0 aliphatic carbocycles. The number of allylic oxidation sites excluding steroid dienone is 1. The highest BCUT2D eigenvalue weighted by Gasteiger charge is 2.16. The van der Waals surface area contributed by atoms with Gasteiger partial charge in [-0.2, -0.15) is 0 Å². The molecule has 0 radical (unpaired) electrons. The zero-order valence-electron chi connectivity index (χ0n) is 21.0. The highest BCUT2D eigenvalue weighted by atomic mass is 16.5. The van der Waals surface area contributed by atoms with E-state index in [9.17, 15) is 4.79 Å². The molecule has 7 nitrogen and oxygen atoms in total. The summed E-state index contributed by atoms with van der Waals surface area (Å²) in [6, 6.07) is 16.9. The number of benzene rings is 3.